The van der Waals surface area contributed by atoms with Crippen LogP contribution in [0.3, 0.4) is 0 Å². The number of hydrogen-bond donors (Lipinski definition) is 1. The van der Waals surface area contributed by atoms with Crippen molar-refractivity contribution >= 4 is 49.1 Å². The molecule has 0 spiro atoms. The predicted molar refractivity (Wildman–Crippen MR) is 142 cm³/mol. The third-order valence-electron chi connectivity index (χ3n) is 7.91. The lowest BCUT2D eigenvalue weighted by Crippen LogP contribution is -2.59. The van der Waals surface area contributed by atoms with Crippen LogP contribution in [0.25, 0.3) is 43.1 Å². The average Bonchev–Trinajstić information content (AvgIpc) is 2.83. The van der Waals surface area contributed by atoms with Gasteiger partial charge in [-0.1, -0.05) is 66.7 Å². The zero-order valence-corrected chi connectivity index (χ0v) is 20.8. The van der Waals surface area contributed by atoms with Crippen LogP contribution >= 0.6 is 0 Å². The van der Waals surface area contributed by atoms with Crippen LogP contribution in [-0.2, 0) is 4.74 Å². The van der Waals surface area contributed by atoms with Gasteiger partial charge in [0.05, 0.1) is 12.2 Å². The van der Waals surface area contributed by atoms with Crippen molar-refractivity contribution in [2.24, 2.45) is 5.92 Å². The van der Waals surface area contributed by atoms with Crippen LogP contribution in [0, 0.1) is 5.92 Å². The molecule has 1 saturated heterocycles. The van der Waals surface area contributed by atoms with Crippen LogP contribution in [0.5, 0.6) is 0 Å². The van der Waals surface area contributed by atoms with E-state index in [-0.39, 0.29) is 23.0 Å². The van der Waals surface area contributed by atoms with E-state index in [1.807, 2.05) is 45.9 Å². The van der Waals surface area contributed by atoms with Crippen LogP contribution in [0.2, 0.25) is 0 Å². The van der Waals surface area contributed by atoms with Gasteiger partial charge in [-0.25, -0.2) is 4.79 Å². The van der Waals surface area contributed by atoms with E-state index in [1.54, 1.807) is 0 Å². The Morgan fingerprint density at radius 1 is 0.800 bits per heavy atom. The fraction of sp³-hybridized carbons (Fsp3) is 0.323. The minimum Gasteiger partial charge on any atom is -0.462 e. The lowest BCUT2D eigenvalue weighted by Gasteiger charge is -2.51. The maximum Gasteiger partial charge on any atom is 0.339 e. The summed E-state index contributed by atoms with van der Waals surface area (Å²) in [5, 5.41) is 20.9. The molecule has 1 fully saturated rings. The van der Waals surface area contributed by atoms with Gasteiger partial charge in [0.25, 0.3) is 0 Å². The summed E-state index contributed by atoms with van der Waals surface area (Å²) in [5.74, 6) is -0.0976. The van der Waals surface area contributed by atoms with Crippen molar-refractivity contribution in [1.29, 1.82) is 0 Å². The molecule has 35 heavy (non-hydrogen) atoms. The van der Waals surface area contributed by atoms with Crippen molar-refractivity contribution in [3.05, 3.63) is 72.3 Å². The van der Waals surface area contributed by atoms with Crippen molar-refractivity contribution in [3.8, 4) is 0 Å². The normalized spacial score (nSPS) is 18.7. The standard InChI is InChI=1S/C31H31NO3/c1-30(2)16-19(17-31(3,4)32(30)34)18-35-29(33)28-23-11-6-5-10-22(23)24-14-12-20-8-7-9-21-13-15-25(28)27(24)26(20)21/h5-15,19,34H,16-18H2,1-4H3. The highest BCUT2D eigenvalue weighted by molar-refractivity contribution is 6.33. The molecule has 0 aliphatic carbocycles. The van der Waals surface area contributed by atoms with E-state index in [4.69, 9.17) is 4.74 Å². The topological polar surface area (TPSA) is 49.8 Å². The van der Waals surface area contributed by atoms with E-state index in [1.165, 1.54) is 21.2 Å². The van der Waals surface area contributed by atoms with Gasteiger partial charge in [-0.2, -0.15) is 5.06 Å². The lowest BCUT2D eigenvalue weighted by molar-refractivity contribution is -0.252. The average molecular weight is 466 g/mol. The molecule has 4 nitrogen and oxygen atoms in total. The summed E-state index contributed by atoms with van der Waals surface area (Å²) in [4.78, 5) is 13.8. The molecule has 178 valence electrons. The number of ether oxygens (including phenoxy) is 1. The quantitative estimate of drug-likeness (QED) is 0.170. The van der Waals surface area contributed by atoms with Crippen molar-refractivity contribution < 1.29 is 14.7 Å². The molecule has 0 amide bonds. The molecule has 0 saturated carbocycles. The van der Waals surface area contributed by atoms with Crippen molar-refractivity contribution in [2.45, 2.75) is 51.6 Å². The van der Waals surface area contributed by atoms with Gasteiger partial charge in [0, 0.05) is 11.1 Å². The minimum absolute atomic E-state index is 0.179. The van der Waals surface area contributed by atoms with Crippen LogP contribution < -0.4 is 0 Å². The zero-order valence-electron chi connectivity index (χ0n) is 20.8. The number of hydrogen-bond acceptors (Lipinski definition) is 4. The molecule has 1 heterocycles. The zero-order chi connectivity index (χ0) is 24.5. The summed E-state index contributed by atoms with van der Waals surface area (Å²) in [6, 6.07) is 23.0. The van der Waals surface area contributed by atoms with E-state index in [0.29, 0.717) is 12.2 Å². The van der Waals surface area contributed by atoms with E-state index in [2.05, 4.69) is 48.5 Å². The van der Waals surface area contributed by atoms with E-state index in [0.717, 1.165) is 39.8 Å². The molecule has 0 aromatic heterocycles. The Balaban J connectivity index is 1.46. The first kappa shape index (κ1) is 22.3. The molecule has 0 bridgehead atoms. The van der Waals surface area contributed by atoms with Crippen LogP contribution in [0.4, 0.5) is 0 Å². The number of benzene rings is 5. The molecule has 0 unspecified atom stereocenters. The maximum absolute atomic E-state index is 13.8. The van der Waals surface area contributed by atoms with Gasteiger partial charge in [-0.15, -0.1) is 0 Å². The number of esters is 1. The van der Waals surface area contributed by atoms with E-state index >= 15 is 0 Å². The predicted octanol–water partition coefficient (Wildman–Crippen LogP) is 7.55. The largest absolute Gasteiger partial charge is 0.462 e. The van der Waals surface area contributed by atoms with Gasteiger partial charge in [0.1, 0.15) is 0 Å². The number of fused-ring (bicyclic) bond motifs is 2. The Morgan fingerprint density at radius 3 is 2.06 bits per heavy atom. The lowest BCUT2D eigenvalue weighted by atomic mass is 9.75. The molecular weight excluding hydrogens is 434 g/mol. The number of carbonyl (C=O) groups is 1. The van der Waals surface area contributed by atoms with Crippen molar-refractivity contribution in [2.75, 3.05) is 6.61 Å². The number of hydroxylamine groups is 2. The third-order valence-corrected chi connectivity index (χ3v) is 7.91. The Morgan fingerprint density at radius 2 is 1.40 bits per heavy atom. The summed E-state index contributed by atoms with van der Waals surface area (Å²) < 4.78 is 6.05. The highest BCUT2D eigenvalue weighted by Gasteiger charge is 2.45. The van der Waals surface area contributed by atoms with Crippen molar-refractivity contribution in [3.63, 3.8) is 0 Å². The van der Waals surface area contributed by atoms with Crippen molar-refractivity contribution in [1.82, 2.24) is 5.06 Å². The van der Waals surface area contributed by atoms with Gasteiger partial charge in [0.15, 0.2) is 0 Å². The second-order valence-electron chi connectivity index (χ2n) is 11.4. The molecule has 0 radical (unpaired) electrons. The summed E-state index contributed by atoms with van der Waals surface area (Å²) in [5.41, 5.74) is -0.110. The highest BCUT2D eigenvalue weighted by atomic mass is 16.5. The monoisotopic (exact) mass is 465 g/mol. The van der Waals surface area contributed by atoms with E-state index in [9.17, 15) is 10.0 Å². The number of carbonyl (C=O) groups excluding carboxylic acids is 1. The second-order valence-corrected chi connectivity index (χ2v) is 11.4. The third kappa shape index (κ3) is 3.39. The number of piperidine rings is 1. The molecule has 4 heteroatoms. The summed E-state index contributed by atoms with van der Waals surface area (Å²) in [7, 11) is 0. The molecule has 5 aromatic rings. The Bertz CT molecular complexity index is 1570. The first-order valence-electron chi connectivity index (χ1n) is 12.4. The minimum atomic E-state index is -0.376. The molecule has 5 aromatic carbocycles. The van der Waals surface area contributed by atoms with Gasteiger partial charge in [-0.3, -0.25) is 0 Å². The summed E-state index contributed by atoms with van der Waals surface area (Å²) in [6.07, 6.45) is 1.53. The fourth-order valence-electron chi connectivity index (χ4n) is 6.68. The molecule has 0 atom stereocenters. The van der Waals surface area contributed by atoms with Gasteiger partial charge < -0.3 is 9.94 Å². The molecule has 1 aliphatic heterocycles. The SMILES string of the molecule is CC1(C)CC(COC(=O)c2c3ccccc3c3ccc4cccc5ccc2c3c54)CC(C)(C)N1O. The van der Waals surface area contributed by atoms with Gasteiger partial charge in [-0.05, 0) is 89.5 Å². The fourth-order valence-corrected chi connectivity index (χ4v) is 6.68. The Hall–Kier alpha value is -3.21. The first-order valence-corrected chi connectivity index (χ1v) is 12.4. The Labute approximate surface area is 205 Å². The molecule has 1 aliphatic rings. The van der Waals surface area contributed by atoms with Crippen LogP contribution in [0.15, 0.2) is 66.7 Å². The Kier molecular flexibility index (Phi) is 4.86. The van der Waals surface area contributed by atoms with E-state index < -0.39 is 0 Å². The molecule has 6 rings (SSSR count). The summed E-state index contributed by atoms with van der Waals surface area (Å²) in [6.45, 7) is 8.50. The van der Waals surface area contributed by atoms with Crippen LogP contribution in [-0.4, -0.2) is 33.9 Å². The van der Waals surface area contributed by atoms with Crippen LogP contribution in [0.1, 0.15) is 50.9 Å². The first-order chi connectivity index (χ1) is 16.7. The number of rotatable bonds is 3. The van der Waals surface area contributed by atoms with Gasteiger partial charge >= 0.3 is 5.97 Å². The van der Waals surface area contributed by atoms with Gasteiger partial charge in [0.2, 0.25) is 0 Å². The molecule has 1 N–H and O–H groups in total. The maximum atomic E-state index is 13.8. The smallest absolute Gasteiger partial charge is 0.339 e. The molecular formula is C31H31NO3. The second kappa shape index (κ2) is 7.64. The summed E-state index contributed by atoms with van der Waals surface area (Å²) >= 11 is 0. The highest BCUT2D eigenvalue weighted by Crippen LogP contribution is 2.42. The number of nitrogens with zero attached hydrogens (tertiary/aromatic N) is 1.